The number of hydrogen-bond donors (Lipinski definition) is 3. The lowest BCUT2D eigenvalue weighted by molar-refractivity contribution is -0.0580. The molecular formula is C20H23ClN4O4. The predicted molar refractivity (Wildman–Crippen MR) is 106 cm³/mol. The molecule has 0 radical (unpaired) electrons. The van der Waals surface area contributed by atoms with Gasteiger partial charge in [0.2, 0.25) is 5.89 Å². The molecule has 2 bridgehead atoms. The summed E-state index contributed by atoms with van der Waals surface area (Å²) in [6, 6.07) is 1.65. The maximum atomic E-state index is 12.8. The lowest BCUT2D eigenvalue weighted by Gasteiger charge is -2.51. The Bertz CT molecular complexity index is 933. The van der Waals surface area contributed by atoms with Crippen molar-refractivity contribution in [1.29, 1.82) is 0 Å². The van der Waals surface area contributed by atoms with Crippen molar-refractivity contribution in [3.8, 4) is 0 Å². The average Bonchev–Trinajstić information content (AvgIpc) is 3.17. The molecule has 0 atom stereocenters. The van der Waals surface area contributed by atoms with Crippen molar-refractivity contribution in [2.75, 3.05) is 5.32 Å². The van der Waals surface area contributed by atoms with Gasteiger partial charge in [0.05, 0.1) is 23.4 Å². The van der Waals surface area contributed by atoms with Crippen LogP contribution in [0.5, 0.6) is 0 Å². The van der Waals surface area contributed by atoms with Crippen molar-refractivity contribution in [1.82, 2.24) is 15.3 Å². The SMILES string of the molecule is CC(=O)c1coc(CNC(=O)c2cnc(Cl)cc2NC23CCC(O)(CC2)CC3)n1. The summed E-state index contributed by atoms with van der Waals surface area (Å²) in [7, 11) is 0. The first-order valence-electron chi connectivity index (χ1n) is 9.67. The fourth-order valence-electron chi connectivity index (χ4n) is 4.16. The second-order valence-corrected chi connectivity index (χ2v) is 8.43. The number of pyridine rings is 1. The summed E-state index contributed by atoms with van der Waals surface area (Å²) in [5, 5.41) is 17.0. The third-order valence-electron chi connectivity index (χ3n) is 6.03. The van der Waals surface area contributed by atoms with Gasteiger partial charge in [0.25, 0.3) is 5.91 Å². The first-order valence-corrected chi connectivity index (χ1v) is 10.1. The molecule has 5 rings (SSSR count). The molecule has 8 nitrogen and oxygen atoms in total. The Morgan fingerprint density at radius 3 is 2.55 bits per heavy atom. The van der Waals surface area contributed by atoms with Gasteiger partial charge in [-0.15, -0.1) is 0 Å². The molecule has 154 valence electrons. The molecule has 2 aromatic heterocycles. The van der Waals surface area contributed by atoms with E-state index in [0.29, 0.717) is 16.4 Å². The number of Topliss-reactive ketones (excluding diaryl/α,β-unsaturated/α-hetero) is 1. The standard InChI is InChI=1S/C20H23ClN4O4/c1-12(26)15-11-29-17(24-15)10-23-18(27)13-9-22-16(21)8-14(13)25-19-2-5-20(28,6-3-19)7-4-19/h8-9,11,28H,2-7,10H2,1H3,(H,22,25)(H,23,27). The maximum absolute atomic E-state index is 12.8. The predicted octanol–water partition coefficient (Wildman–Crippen LogP) is 3.11. The number of amides is 1. The van der Waals surface area contributed by atoms with Crippen molar-refractivity contribution in [3.63, 3.8) is 0 Å². The molecule has 3 fully saturated rings. The van der Waals surface area contributed by atoms with Crippen LogP contribution in [-0.2, 0) is 6.54 Å². The van der Waals surface area contributed by atoms with Crippen LogP contribution >= 0.6 is 11.6 Å². The van der Waals surface area contributed by atoms with Crippen LogP contribution in [0.2, 0.25) is 5.15 Å². The van der Waals surface area contributed by atoms with Gasteiger partial charge in [0.1, 0.15) is 17.1 Å². The Kier molecular flexibility index (Phi) is 5.08. The molecule has 0 saturated heterocycles. The van der Waals surface area contributed by atoms with Crippen molar-refractivity contribution < 1.29 is 19.1 Å². The van der Waals surface area contributed by atoms with Crippen molar-refractivity contribution in [3.05, 3.63) is 40.8 Å². The van der Waals surface area contributed by atoms with Crippen LogP contribution in [0, 0.1) is 0 Å². The highest BCUT2D eigenvalue weighted by atomic mass is 35.5. The quantitative estimate of drug-likeness (QED) is 0.487. The molecule has 2 aromatic rings. The highest BCUT2D eigenvalue weighted by Crippen LogP contribution is 2.48. The fraction of sp³-hybridized carbons (Fsp3) is 0.500. The molecule has 3 aliphatic carbocycles. The number of fused-ring (bicyclic) bond motifs is 3. The van der Waals surface area contributed by atoms with Crippen molar-refractivity contribution >= 4 is 29.0 Å². The van der Waals surface area contributed by atoms with E-state index in [0.717, 1.165) is 38.5 Å². The van der Waals surface area contributed by atoms with Gasteiger partial charge in [-0.2, -0.15) is 0 Å². The van der Waals surface area contributed by atoms with Gasteiger partial charge >= 0.3 is 0 Å². The highest BCUT2D eigenvalue weighted by molar-refractivity contribution is 6.29. The van der Waals surface area contributed by atoms with Gasteiger partial charge in [-0.3, -0.25) is 9.59 Å². The molecule has 2 heterocycles. The number of carbonyl (C=O) groups is 2. The Balaban J connectivity index is 1.48. The lowest BCUT2D eigenvalue weighted by atomic mass is 9.63. The van der Waals surface area contributed by atoms with Crippen LogP contribution in [0.15, 0.2) is 22.9 Å². The largest absolute Gasteiger partial charge is 0.446 e. The minimum Gasteiger partial charge on any atom is -0.446 e. The van der Waals surface area contributed by atoms with Crippen LogP contribution in [0.1, 0.15) is 72.2 Å². The Morgan fingerprint density at radius 1 is 1.24 bits per heavy atom. The van der Waals surface area contributed by atoms with Gasteiger partial charge in [-0.1, -0.05) is 11.6 Å². The van der Waals surface area contributed by atoms with Crippen LogP contribution < -0.4 is 10.6 Å². The molecule has 3 N–H and O–H groups in total. The summed E-state index contributed by atoms with van der Waals surface area (Å²) in [6.07, 6.45) is 7.50. The highest BCUT2D eigenvalue weighted by Gasteiger charge is 2.47. The van der Waals surface area contributed by atoms with Gasteiger partial charge in [-0.05, 0) is 44.6 Å². The second kappa shape index (κ2) is 7.42. The number of aromatic nitrogens is 2. The van der Waals surface area contributed by atoms with E-state index in [1.165, 1.54) is 19.4 Å². The van der Waals surface area contributed by atoms with E-state index in [1.807, 2.05) is 0 Å². The summed E-state index contributed by atoms with van der Waals surface area (Å²) < 4.78 is 5.21. The molecular weight excluding hydrogens is 396 g/mol. The molecule has 0 aliphatic heterocycles. The smallest absolute Gasteiger partial charge is 0.255 e. The van der Waals surface area contributed by atoms with Gasteiger partial charge < -0.3 is 20.2 Å². The zero-order chi connectivity index (χ0) is 20.6. The fourth-order valence-corrected chi connectivity index (χ4v) is 4.32. The molecule has 0 spiro atoms. The normalized spacial score (nSPS) is 25.6. The van der Waals surface area contributed by atoms with Crippen molar-refractivity contribution in [2.24, 2.45) is 0 Å². The third kappa shape index (κ3) is 4.13. The van der Waals surface area contributed by atoms with Gasteiger partial charge in [0, 0.05) is 18.7 Å². The lowest BCUT2D eigenvalue weighted by Crippen LogP contribution is -2.54. The van der Waals surface area contributed by atoms with Crippen LogP contribution in [0.3, 0.4) is 0 Å². The number of aliphatic hydroxyl groups is 1. The van der Waals surface area contributed by atoms with Crippen LogP contribution in [0.25, 0.3) is 0 Å². The van der Waals surface area contributed by atoms with Crippen LogP contribution in [-0.4, -0.2) is 37.9 Å². The van der Waals surface area contributed by atoms with Gasteiger partial charge in [0.15, 0.2) is 5.78 Å². The summed E-state index contributed by atoms with van der Waals surface area (Å²) in [6.45, 7) is 1.45. The molecule has 29 heavy (non-hydrogen) atoms. The number of carbonyl (C=O) groups excluding carboxylic acids is 2. The number of nitrogens with one attached hydrogen (secondary N) is 2. The average molecular weight is 419 g/mol. The van der Waals surface area contributed by atoms with E-state index in [1.54, 1.807) is 6.07 Å². The number of ketones is 1. The Morgan fingerprint density at radius 2 is 1.93 bits per heavy atom. The number of anilines is 1. The summed E-state index contributed by atoms with van der Waals surface area (Å²) in [5.41, 5.74) is 0.524. The molecule has 1 amide bonds. The number of halogens is 1. The summed E-state index contributed by atoms with van der Waals surface area (Å²) >= 11 is 6.09. The van der Waals surface area contributed by atoms with Crippen LogP contribution in [0.4, 0.5) is 5.69 Å². The maximum Gasteiger partial charge on any atom is 0.255 e. The van der Waals surface area contributed by atoms with E-state index < -0.39 is 5.60 Å². The number of rotatable bonds is 6. The first kappa shape index (κ1) is 19.8. The molecule has 3 aliphatic rings. The van der Waals surface area contributed by atoms with E-state index >= 15 is 0 Å². The second-order valence-electron chi connectivity index (χ2n) is 8.05. The van der Waals surface area contributed by atoms with E-state index in [-0.39, 0.29) is 35.4 Å². The van der Waals surface area contributed by atoms with E-state index in [4.69, 9.17) is 16.0 Å². The number of hydrogen-bond acceptors (Lipinski definition) is 7. The topological polar surface area (TPSA) is 117 Å². The molecule has 0 unspecified atom stereocenters. The molecule has 9 heteroatoms. The number of nitrogens with zero attached hydrogens (tertiary/aromatic N) is 2. The third-order valence-corrected chi connectivity index (χ3v) is 6.24. The Hall–Kier alpha value is -2.45. The molecule has 3 saturated carbocycles. The minimum absolute atomic E-state index is 0.0480. The zero-order valence-electron chi connectivity index (χ0n) is 16.1. The molecule has 0 aromatic carbocycles. The van der Waals surface area contributed by atoms with E-state index in [2.05, 4.69) is 20.6 Å². The Labute approximate surface area is 173 Å². The van der Waals surface area contributed by atoms with Gasteiger partial charge in [-0.25, -0.2) is 9.97 Å². The first-order chi connectivity index (χ1) is 13.8. The summed E-state index contributed by atoms with van der Waals surface area (Å²) in [5.74, 6) is -0.304. The number of oxazole rings is 1. The van der Waals surface area contributed by atoms with E-state index in [9.17, 15) is 14.7 Å². The minimum atomic E-state index is -0.533. The monoisotopic (exact) mass is 418 g/mol. The zero-order valence-corrected chi connectivity index (χ0v) is 16.9. The summed E-state index contributed by atoms with van der Waals surface area (Å²) in [4.78, 5) is 32.2. The van der Waals surface area contributed by atoms with Crippen molar-refractivity contribution in [2.45, 2.75) is 63.1 Å².